The largest absolute Gasteiger partial charge is 0.135 e. The average Bonchev–Trinajstić information content (AvgIpc) is 3.19. The van der Waals surface area contributed by atoms with Gasteiger partial charge in [0.15, 0.2) is 0 Å². The lowest BCUT2D eigenvalue weighted by Crippen LogP contribution is -2.14. The summed E-state index contributed by atoms with van der Waals surface area (Å²) in [6, 6.07) is 11.0. The number of aryl methyl sites for hydroxylation is 1. The predicted octanol–water partition coefficient (Wildman–Crippen LogP) is 5.91. The van der Waals surface area contributed by atoms with Crippen molar-refractivity contribution < 1.29 is 0 Å². The van der Waals surface area contributed by atoms with E-state index in [4.69, 9.17) is 11.6 Å². The monoisotopic (exact) mass is 336 g/mol. The van der Waals surface area contributed by atoms with Crippen LogP contribution < -0.4 is 0 Å². The van der Waals surface area contributed by atoms with Gasteiger partial charge in [-0.25, -0.2) is 0 Å². The van der Waals surface area contributed by atoms with Gasteiger partial charge in [0.2, 0.25) is 0 Å². The average molecular weight is 337 g/mol. The third-order valence-electron chi connectivity index (χ3n) is 5.32. The first kappa shape index (κ1) is 13.9. The Morgan fingerprint density at radius 2 is 2.13 bits per heavy atom. The fourth-order valence-electron chi connectivity index (χ4n) is 4.22. The molecule has 23 heavy (non-hydrogen) atoms. The molecular weight excluding hydrogens is 320 g/mol. The van der Waals surface area contributed by atoms with E-state index in [9.17, 15) is 0 Å². The van der Waals surface area contributed by atoms with Gasteiger partial charge in [0.1, 0.15) is 0 Å². The molecule has 0 radical (unpaired) electrons. The Bertz CT molecular complexity index is 893. The summed E-state index contributed by atoms with van der Waals surface area (Å²) in [5.74, 6) is 0. The second-order valence-corrected chi connectivity index (χ2v) is 8.34. The quantitative estimate of drug-likeness (QED) is 0.524. The van der Waals surface area contributed by atoms with Crippen molar-refractivity contribution in [1.29, 1.82) is 0 Å². The molecule has 0 bridgehead atoms. The molecule has 3 aliphatic rings. The number of benzene rings is 2. The normalized spacial score (nSPS) is 25.9. The fraction of sp³-hybridized carbons (Fsp3) is 0.238. The summed E-state index contributed by atoms with van der Waals surface area (Å²) >= 11 is 8.83. The van der Waals surface area contributed by atoms with Crippen molar-refractivity contribution in [3.05, 3.63) is 81.9 Å². The maximum Gasteiger partial charge on any atom is 0.0768 e. The molecule has 1 aliphatic heterocycles. The smallest absolute Gasteiger partial charge is 0.0768 e. The van der Waals surface area contributed by atoms with Crippen molar-refractivity contribution in [3.63, 3.8) is 0 Å². The van der Waals surface area contributed by atoms with Crippen molar-refractivity contribution in [2.45, 2.75) is 29.8 Å². The highest BCUT2D eigenvalue weighted by molar-refractivity contribution is 8.08. The van der Waals surface area contributed by atoms with Crippen LogP contribution in [0.15, 0.2) is 54.6 Å². The van der Waals surface area contributed by atoms with E-state index in [2.05, 4.69) is 61.6 Å². The van der Waals surface area contributed by atoms with E-state index in [0.717, 1.165) is 17.9 Å². The van der Waals surface area contributed by atoms with Crippen molar-refractivity contribution >= 4 is 23.4 Å². The molecule has 1 fully saturated rings. The molecule has 2 heteroatoms. The van der Waals surface area contributed by atoms with Gasteiger partial charge in [-0.05, 0) is 52.3 Å². The van der Waals surface area contributed by atoms with E-state index in [1.807, 2.05) is 11.8 Å². The van der Waals surface area contributed by atoms with Crippen molar-refractivity contribution in [1.82, 2.24) is 0 Å². The van der Waals surface area contributed by atoms with E-state index in [0.29, 0.717) is 5.25 Å². The molecule has 2 unspecified atom stereocenters. The van der Waals surface area contributed by atoms with Crippen LogP contribution in [0.5, 0.6) is 0 Å². The number of allylic oxidation sites excluding steroid dienone is 2. The van der Waals surface area contributed by atoms with Crippen LogP contribution in [0.1, 0.15) is 29.2 Å². The van der Waals surface area contributed by atoms with Gasteiger partial charge in [-0.3, -0.25) is 0 Å². The lowest BCUT2D eigenvalue weighted by Gasteiger charge is -2.21. The number of thioether (sulfide) groups is 1. The minimum atomic E-state index is 0.0736. The second kappa shape index (κ2) is 4.78. The summed E-state index contributed by atoms with van der Waals surface area (Å²) in [6.45, 7) is 2.22. The molecule has 2 atom stereocenters. The molecule has 114 valence electrons. The van der Waals surface area contributed by atoms with Gasteiger partial charge >= 0.3 is 0 Å². The van der Waals surface area contributed by atoms with Gasteiger partial charge in [-0.1, -0.05) is 67.1 Å². The summed E-state index contributed by atoms with van der Waals surface area (Å²) in [5.41, 5.74) is 8.50. The summed E-state index contributed by atoms with van der Waals surface area (Å²) in [5, 5.41) is 1.49. The molecule has 1 saturated heterocycles. The Hall–Kier alpha value is -1.44. The predicted molar refractivity (Wildman–Crippen MR) is 100 cm³/mol. The highest BCUT2D eigenvalue weighted by Gasteiger charge is 2.56. The maximum absolute atomic E-state index is 6.81. The minimum absolute atomic E-state index is 0.0736. The lowest BCUT2D eigenvalue weighted by molar-refractivity contribution is 0.886. The molecule has 0 spiro atoms. The van der Waals surface area contributed by atoms with Crippen LogP contribution in [0.25, 0.3) is 11.1 Å². The van der Waals surface area contributed by atoms with Crippen molar-refractivity contribution in [2.75, 3.05) is 0 Å². The van der Waals surface area contributed by atoms with Crippen LogP contribution in [0.4, 0.5) is 0 Å². The number of hydrogen-bond donors (Lipinski definition) is 0. The Morgan fingerprint density at radius 3 is 2.96 bits per heavy atom. The Balaban J connectivity index is 1.80. The van der Waals surface area contributed by atoms with E-state index < -0.39 is 0 Å². The highest BCUT2D eigenvalue weighted by atomic mass is 35.5. The molecule has 0 aromatic heterocycles. The van der Waals surface area contributed by atoms with Crippen molar-refractivity contribution in [3.8, 4) is 11.1 Å². The zero-order chi connectivity index (χ0) is 15.6. The third kappa shape index (κ3) is 1.81. The fourth-order valence-corrected chi connectivity index (χ4v) is 5.99. The first-order chi connectivity index (χ1) is 11.2. The maximum atomic E-state index is 6.81. The van der Waals surface area contributed by atoms with Gasteiger partial charge in [0.25, 0.3) is 0 Å². The Labute approximate surface area is 146 Å². The first-order valence-electron chi connectivity index (χ1n) is 8.21. The standard InChI is InChI=1S/C21H17ClS/c1-2-13-12-17(22)20(21-10-6-5-9-18(21)23-21)16-11-14-7-3-4-8-15(14)19(13)16/h3-10,12,18H,2,11H2,1H3. The van der Waals surface area contributed by atoms with Gasteiger partial charge in [0.05, 0.1) is 4.75 Å². The summed E-state index contributed by atoms with van der Waals surface area (Å²) in [7, 11) is 0. The van der Waals surface area contributed by atoms with Crippen LogP contribution in [0.2, 0.25) is 5.02 Å². The molecule has 0 saturated carbocycles. The SMILES string of the molecule is CCc1cc(Cl)c(C23C=CC=CC2S3)c2c1-c1ccccc1C2. The topological polar surface area (TPSA) is 0 Å². The van der Waals surface area contributed by atoms with Gasteiger partial charge in [0, 0.05) is 10.3 Å². The molecule has 0 nitrogen and oxygen atoms in total. The van der Waals surface area contributed by atoms with Gasteiger partial charge in [-0.15, -0.1) is 11.8 Å². The Kier molecular flexibility index (Phi) is 2.90. The number of hydrogen-bond acceptors (Lipinski definition) is 1. The Morgan fingerprint density at radius 1 is 1.26 bits per heavy atom. The van der Waals surface area contributed by atoms with Crippen LogP contribution in [-0.2, 0) is 17.6 Å². The van der Waals surface area contributed by atoms with Crippen LogP contribution >= 0.6 is 23.4 Å². The number of rotatable bonds is 2. The van der Waals surface area contributed by atoms with Crippen LogP contribution in [0, 0.1) is 0 Å². The van der Waals surface area contributed by atoms with E-state index >= 15 is 0 Å². The lowest BCUT2D eigenvalue weighted by atomic mass is 9.85. The second-order valence-electron chi connectivity index (χ2n) is 6.51. The third-order valence-corrected chi connectivity index (χ3v) is 7.13. The molecule has 2 aliphatic carbocycles. The number of fused-ring (bicyclic) bond motifs is 4. The zero-order valence-corrected chi connectivity index (χ0v) is 14.5. The van der Waals surface area contributed by atoms with Crippen LogP contribution in [0.3, 0.4) is 0 Å². The molecule has 2 aromatic carbocycles. The molecule has 5 rings (SSSR count). The van der Waals surface area contributed by atoms with E-state index in [1.54, 1.807) is 0 Å². The molecule has 0 N–H and O–H groups in total. The molecular formula is C21H17ClS. The van der Waals surface area contributed by atoms with Crippen molar-refractivity contribution in [2.24, 2.45) is 0 Å². The number of halogens is 1. The van der Waals surface area contributed by atoms with Crippen LogP contribution in [-0.4, -0.2) is 5.25 Å². The highest BCUT2D eigenvalue weighted by Crippen LogP contribution is 2.67. The molecule has 1 heterocycles. The van der Waals surface area contributed by atoms with Gasteiger partial charge in [-0.2, -0.15) is 0 Å². The summed E-state index contributed by atoms with van der Waals surface area (Å²) in [6.07, 6.45) is 11.0. The van der Waals surface area contributed by atoms with Gasteiger partial charge < -0.3 is 0 Å². The zero-order valence-electron chi connectivity index (χ0n) is 13.0. The van der Waals surface area contributed by atoms with E-state index in [-0.39, 0.29) is 4.75 Å². The van der Waals surface area contributed by atoms with E-state index in [1.165, 1.54) is 33.4 Å². The minimum Gasteiger partial charge on any atom is -0.135 e. The molecule has 2 aromatic rings. The first-order valence-corrected chi connectivity index (χ1v) is 9.47. The summed E-state index contributed by atoms with van der Waals surface area (Å²) < 4.78 is 0.0736. The molecule has 0 amide bonds. The summed E-state index contributed by atoms with van der Waals surface area (Å²) in [4.78, 5) is 0.